The van der Waals surface area contributed by atoms with Gasteiger partial charge in [0.25, 0.3) is 0 Å². The van der Waals surface area contributed by atoms with Crippen LogP contribution in [0.3, 0.4) is 0 Å². The van der Waals surface area contributed by atoms with Gasteiger partial charge in [-0.2, -0.15) is 0 Å². The van der Waals surface area contributed by atoms with Gasteiger partial charge in [-0.05, 0) is 55.6 Å². The number of nitrogens with one attached hydrogen (secondary N) is 1. The van der Waals surface area contributed by atoms with Crippen LogP contribution >= 0.6 is 11.8 Å². The highest BCUT2D eigenvalue weighted by molar-refractivity contribution is 7.98. The van der Waals surface area contributed by atoms with Crippen molar-refractivity contribution in [2.45, 2.75) is 18.4 Å². The Morgan fingerprint density at radius 3 is 2.63 bits per heavy atom. The van der Waals surface area contributed by atoms with Crippen LogP contribution < -0.4 is 10.1 Å². The summed E-state index contributed by atoms with van der Waals surface area (Å²) in [6.07, 6.45) is 2.06. The average molecular weight is 273 g/mol. The fourth-order valence-electron chi connectivity index (χ4n) is 1.95. The Labute approximate surface area is 119 Å². The van der Waals surface area contributed by atoms with Gasteiger partial charge in [-0.3, -0.25) is 0 Å². The number of thioether (sulfide) groups is 1. The van der Waals surface area contributed by atoms with Crippen LogP contribution in [-0.4, -0.2) is 13.3 Å². The first-order valence-electron chi connectivity index (χ1n) is 6.29. The molecule has 0 aliphatic heterocycles. The van der Waals surface area contributed by atoms with Crippen LogP contribution in [0.1, 0.15) is 11.1 Å². The molecule has 0 aliphatic rings. The summed E-state index contributed by atoms with van der Waals surface area (Å²) in [6, 6.07) is 14.3. The molecule has 100 valence electrons. The molecular formula is C16H19NOS. The van der Waals surface area contributed by atoms with E-state index in [2.05, 4.69) is 36.7 Å². The van der Waals surface area contributed by atoms with Crippen LogP contribution in [0.15, 0.2) is 47.4 Å². The summed E-state index contributed by atoms with van der Waals surface area (Å²) >= 11 is 1.70. The Hall–Kier alpha value is -1.45. The van der Waals surface area contributed by atoms with E-state index in [1.807, 2.05) is 31.3 Å². The zero-order valence-electron chi connectivity index (χ0n) is 11.6. The molecule has 1 N–H and O–H groups in total. The van der Waals surface area contributed by atoms with E-state index in [0.717, 1.165) is 22.9 Å². The van der Waals surface area contributed by atoms with Crippen molar-refractivity contribution in [3.63, 3.8) is 0 Å². The minimum atomic E-state index is 0.882. The quantitative estimate of drug-likeness (QED) is 0.824. The first-order valence-corrected chi connectivity index (χ1v) is 7.52. The third kappa shape index (κ3) is 3.52. The van der Waals surface area contributed by atoms with Crippen molar-refractivity contribution in [3.8, 4) is 11.5 Å². The Morgan fingerprint density at radius 2 is 1.95 bits per heavy atom. The van der Waals surface area contributed by atoms with Crippen molar-refractivity contribution in [1.82, 2.24) is 5.32 Å². The van der Waals surface area contributed by atoms with Gasteiger partial charge >= 0.3 is 0 Å². The summed E-state index contributed by atoms with van der Waals surface area (Å²) in [4.78, 5) is 1.15. The van der Waals surface area contributed by atoms with Crippen LogP contribution in [0, 0.1) is 6.92 Å². The molecule has 0 amide bonds. The van der Waals surface area contributed by atoms with E-state index in [0.29, 0.717) is 0 Å². The first-order chi connectivity index (χ1) is 9.24. The number of ether oxygens (including phenoxy) is 1. The predicted octanol–water partition coefficient (Wildman–Crippen LogP) is 4.23. The van der Waals surface area contributed by atoms with Gasteiger partial charge in [0.05, 0.1) is 0 Å². The molecule has 0 radical (unpaired) electrons. The van der Waals surface area contributed by atoms with Crippen LogP contribution in [0.5, 0.6) is 11.5 Å². The molecule has 0 spiro atoms. The molecule has 2 rings (SSSR count). The molecule has 0 fully saturated rings. The Kier molecular flexibility index (Phi) is 4.88. The van der Waals surface area contributed by atoms with E-state index in [1.165, 1.54) is 11.1 Å². The topological polar surface area (TPSA) is 21.3 Å². The Morgan fingerprint density at radius 1 is 1.16 bits per heavy atom. The Bertz CT molecular complexity index is 554. The van der Waals surface area contributed by atoms with Crippen LogP contribution in [-0.2, 0) is 6.54 Å². The van der Waals surface area contributed by atoms with Crippen LogP contribution in [0.25, 0.3) is 0 Å². The molecule has 0 heterocycles. The average Bonchev–Trinajstić information content (AvgIpc) is 2.43. The van der Waals surface area contributed by atoms with Gasteiger partial charge < -0.3 is 10.1 Å². The van der Waals surface area contributed by atoms with Gasteiger partial charge in [-0.1, -0.05) is 18.2 Å². The Balaban J connectivity index is 2.21. The maximum atomic E-state index is 5.97. The van der Waals surface area contributed by atoms with Crippen molar-refractivity contribution in [2.75, 3.05) is 13.3 Å². The smallest absolute Gasteiger partial charge is 0.140 e. The molecule has 0 unspecified atom stereocenters. The molecule has 19 heavy (non-hydrogen) atoms. The molecule has 0 bridgehead atoms. The number of benzene rings is 2. The zero-order chi connectivity index (χ0) is 13.7. The second-order valence-corrected chi connectivity index (χ2v) is 5.22. The van der Waals surface area contributed by atoms with Crippen molar-refractivity contribution in [1.29, 1.82) is 0 Å². The highest BCUT2D eigenvalue weighted by Crippen LogP contribution is 2.31. The predicted molar refractivity (Wildman–Crippen MR) is 82.2 cm³/mol. The van der Waals surface area contributed by atoms with Gasteiger partial charge in [-0.15, -0.1) is 11.8 Å². The molecule has 2 aromatic rings. The SMILES string of the molecule is CNCc1ccc(Oc2ccccc2SC)cc1C. The van der Waals surface area contributed by atoms with Crippen LogP contribution in [0.4, 0.5) is 0 Å². The summed E-state index contributed by atoms with van der Waals surface area (Å²) in [7, 11) is 1.96. The van der Waals surface area contributed by atoms with Gasteiger partial charge in [-0.25, -0.2) is 0 Å². The monoisotopic (exact) mass is 273 g/mol. The molecular weight excluding hydrogens is 254 g/mol. The largest absolute Gasteiger partial charge is 0.456 e. The number of aryl methyl sites for hydroxylation is 1. The minimum absolute atomic E-state index is 0.882. The number of hydrogen-bond acceptors (Lipinski definition) is 3. The maximum Gasteiger partial charge on any atom is 0.140 e. The molecule has 3 heteroatoms. The molecule has 0 atom stereocenters. The second-order valence-electron chi connectivity index (χ2n) is 4.37. The van der Waals surface area contributed by atoms with Crippen molar-refractivity contribution < 1.29 is 4.74 Å². The van der Waals surface area contributed by atoms with Gasteiger partial charge in [0.2, 0.25) is 0 Å². The molecule has 0 aromatic heterocycles. The second kappa shape index (κ2) is 6.64. The van der Waals surface area contributed by atoms with Crippen molar-refractivity contribution in [3.05, 3.63) is 53.6 Å². The standard InChI is InChI=1S/C16H19NOS/c1-12-10-14(9-8-13(12)11-17-2)18-15-6-4-5-7-16(15)19-3/h4-10,17H,11H2,1-3H3. The lowest BCUT2D eigenvalue weighted by Gasteiger charge is -2.12. The minimum Gasteiger partial charge on any atom is -0.456 e. The fourth-order valence-corrected chi connectivity index (χ4v) is 2.48. The third-order valence-corrected chi connectivity index (χ3v) is 3.76. The molecule has 2 aromatic carbocycles. The van der Waals surface area contributed by atoms with E-state index in [-0.39, 0.29) is 0 Å². The van der Waals surface area contributed by atoms with Crippen LogP contribution in [0.2, 0.25) is 0 Å². The summed E-state index contributed by atoms with van der Waals surface area (Å²) < 4.78 is 5.97. The highest BCUT2D eigenvalue weighted by atomic mass is 32.2. The molecule has 2 nitrogen and oxygen atoms in total. The lowest BCUT2D eigenvalue weighted by Crippen LogP contribution is -2.06. The lowest BCUT2D eigenvalue weighted by molar-refractivity contribution is 0.470. The lowest BCUT2D eigenvalue weighted by atomic mass is 10.1. The third-order valence-electron chi connectivity index (χ3n) is 2.98. The zero-order valence-corrected chi connectivity index (χ0v) is 12.4. The van der Waals surface area contributed by atoms with Crippen molar-refractivity contribution in [2.24, 2.45) is 0 Å². The molecule has 0 saturated carbocycles. The summed E-state index contributed by atoms with van der Waals surface area (Å²) in [5.41, 5.74) is 2.54. The fraction of sp³-hybridized carbons (Fsp3) is 0.250. The summed E-state index contributed by atoms with van der Waals surface area (Å²) in [5, 5.41) is 3.17. The maximum absolute atomic E-state index is 5.97. The normalized spacial score (nSPS) is 10.5. The highest BCUT2D eigenvalue weighted by Gasteiger charge is 2.05. The van der Waals surface area contributed by atoms with E-state index in [1.54, 1.807) is 11.8 Å². The first kappa shape index (κ1) is 14.0. The molecule has 0 saturated heterocycles. The number of rotatable bonds is 5. The van der Waals surface area contributed by atoms with Gasteiger partial charge in [0.1, 0.15) is 11.5 Å². The van der Waals surface area contributed by atoms with Gasteiger partial charge in [0.15, 0.2) is 0 Å². The van der Waals surface area contributed by atoms with E-state index >= 15 is 0 Å². The number of hydrogen-bond donors (Lipinski definition) is 1. The van der Waals surface area contributed by atoms with E-state index < -0.39 is 0 Å². The number of para-hydroxylation sites is 1. The summed E-state index contributed by atoms with van der Waals surface area (Å²) in [5.74, 6) is 1.80. The van der Waals surface area contributed by atoms with E-state index in [9.17, 15) is 0 Å². The van der Waals surface area contributed by atoms with Gasteiger partial charge in [0, 0.05) is 11.4 Å². The van der Waals surface area contributed by atoms with Crippen molar-refractivity contribution >= 4 is 11.8 Å². The molecule has 0 aliphatic carbocycles. The van der Waals surface area contributed by atoms with E-state index in [4.69, 9.17) is 4.74 Å². The summed E-state index contributed by atoms with van der Waals surface area (Å²) in [6.45, 7) is 2.99.